The fourth-order valence-electron chi connectivity index (χ4n) is 3.52. The second-order valence-corrected chi connectivity index (χ2v) is 6.29. The van der Waals surface area contributed by atoms with Crippen LogP contribution in [0.25, 0.3) is 0 Å². The average Bonchev–Trinajstić information content (AvgIpc) is 2.83. The standard InChI is InChI=1S/C16H26N4/c1-3-7-19-11-15(9-17-19)10-18-12-16(13-18)20-8-5-4-6-14(20)2/h3,9,11,14,16H,1,4-8,10,12-13H2,2H3/t14-/m1/s1. The van der Waals surface area contributed by atoms with Crippen LogP contribution in [0.2, 0.25) is 0 Å². The number of hydrogen-bond donors (Lipinski definition) is 0. The molecule has 2 aliphatic rings. The van der Waals surface area contributed by atoms with Crippen molar-refractivity contribution >= 4 is 0 Å². The largest absolute Gasteiger partial charge is 0.296 e. The first kappa shape index (κ1) is 13.8. The molecule has 0 bridgehead atoms. The van der Waals surface area contributed by atoms with Crippen LogP contribution in [0.3, 0.4) is 0 Å². The van der Waals surface area contributed by atoms with Crippen LogP contribution in [0.4, 0.5) is 0 Å². The van der Waals surface area contributed by atoms with E-state index in [4.69, 9.17) is 0 Å². The van der Waals surface area contributed by atoms with Crippen LogP contribution in [0.15, 0.2) is 25.0 Å². The number of hydrogen-bond acceptors (Lipinski definition) is 3. The molecule has 0 N–H and O–H groups in total. The van der Waals surface area contributed by atoms with E-state index in [1.54, 1.807) is 0 Å². The Morgan fingerprint density at radius 1 is 1.40 bits per heavy atom. The number of nitrogens with zero attached hydrogens (tertiary/aromatic N) is 4. The van der Waals surface area contributed by atoms with Crippen molar-refractivity contribution in [2.24, 2.45) is 0 Å². The molecule has 20 heavy (non-hydrogen) atoms. The van der Waals surface area contributed by atoms with E-state index in [0.717, 1.165) is 25.2 Å². The zero-order valence-corrected chi connectivity index (χ0v) is 12.5. The highest BCUT2D eigenvalue weighted by atomic mass is 15.3. The first-order chi connectivity index (χ1) is 9.76. The predicted octanol–water partition coefficient (Wildman–Crippen LogP) is 2.13. The molecule has 2 fully saturated rings. The van der Waals surface area contributed by atoms with Crippen molar-refractivity contribution in [3.8, 4) is 0 Å². The Morgan fingerprint density at radius 2 is 2.25 bits per heavy atom. The third-order valence-corrected chi connectivity index (χ3v) is 4.67. The van der Waals surface area contributed by atoms with Crippen LogP contribution in [0.1, 0.15) is 31.7 Å². The van der Waals surface area contributed by atoms with E-state index in [9.17, 15) is 0 Å². The number of allylic oxidation sites excluding steroid dienone is 1. The molecule has 0 unspecified atom stereocenters. The smallest absolute Gasteiger partial charge is 0.0587 e. The Labute approximate surface area is 122 Å². The number of piperidine rings is 1. The summed E-state index contributed by atoms with van der Waals surface area (Å²) < 4.78 is 1.95. The molecular formula is C16H26N4. The van der Waals surface area contributed by atoms with Gasteiger partial charge in [0, 0.05) is 43.5 Å². The van der Waals surface area contributed by atoms with E-state index in [1.807, 2.05) is 17.0 Å². The van der Waals surface area contributed by atoms with Gasteiger partial charge in [0.15, 0.2) is 0 Å². The normalized spacial score (nSPS) is 25.6. The van der Waals surface area contributed by atoms with E-state index in [1.165, 1.54) is 44.5 Å². The molecule has 0 amide bonds. The van der Waals surface area contributed by atoms with Gasteiger partial charge in [-0.25, -0.2) is 0 Å². The topological polar surface area (TPSA) is 24.3 Å². The SMILES string of the molecule is C=CCn1cc(CN2CC(N3CCCC[C@H]3C)C2)cn1. The third kappa shape index (κ3) is 2.96. The van der Waals surface area contributed by atoms with Crippen molar-refractivity contribution in [1.82, 2.24) is 19.6 Å². The molecule has 1 atom stereocenters. The molecular weight excluding hydrogens is 248 g/mol. The lowest BCUT2D eigenvalue weighted by atomic mass is 9.97. The van der Waals surface area contributed by atoms with Crippen LogP contribution in [-0.2, 0) is 13.1 Å². The first-order valence-corrected chi connectivity index (χ1v) is 7.86. The highest BCUT2D eigenvalue weighted by molar-refractivity contribution is 5.06. The van der Waals surface area contributed by atoms with Crippen LogP contribution < -0.4 is 0 Å². The minimum Gasteiger partial charge on any atom is -0.296 e. The van der Waals surface area contributed by atoms with Crippen molar-refractivity contribution in [1.29, 1.82) is 0 Å². The Balaban J connectivity index is 1.46. The van der Waals surface area contributed by atoms with Gasteiger partial charge >= 0.3 is 0 Å². The molecule has 4 nitrogen and oxygen atoms in total. The van der Waals surface area contributed by atoms with Gasteiger partial charge in [-0.05, 0) is 26.3 Å². The highest BCUT2D eigenvalue weighted by Gasteiger charge is 2.34. The van der Waals surface area contributed by atoms with Gasteiger partial charge in [0.05, 0.1) is 12.7 Å². The lowest BCUT2D eigenvalue weighted by molar-refractivity contribution is -0.00621. The summed E-state index contributed by atoms with van der Waals surface area (Å²) in [6.45, 7) is 11.7. The van der Waals surface area contributed by atoms with E-state index in [0.29, 0.717) is 0 Å². The fourth-order valence-corrected chi connectivity index (χ4v) is 3.52. The summed E-state index contributed by atoms with van der Waals surface area (Å²) in [5.74, 6) is 0. The molecule has 2 saturated heterocycles. The Bertz CT molecular complexity index is 447. The van der Waals surface area contributed by atoms with Crippen molar-refractivity contribution in [3.63, 3.8) is 0 Å². The van der Waals surface area contributed by atoms with E-state index in [2.05, 4.69) is 34.6 Å². The molecule has 0 radical (unpaired) electrons. The lowest BCUT2D eigenvalue weighted by Gasteiger charge is -2.49. The second kappa shape index (κ2) is 6.10. The zero-order chi connectivity index (χ0) is 13.9. The summed E-state index contributed by atoms with van der Waals surface area (Å²) in [4.78, 5) is 5.25. The lowest BCUT2D eigenvalue weighted by Crippen LogP contribution is -2.61. The molecule has 4 heteroatoms. The molecule has 110 valence electrons. The minimum absolute atomic E-state index is 0.784. The summed E-state index contributed by atoms with van der Waals surface area (Å²) in [7, 11) is 0. The number of likely N-dealkylation sites (tertiary alicyclic amines) is 2. The molecule has 0 spiro atoms. The van der Waals surface area contributed by atoms with Gasteiger partial charge in [-0.2, -0.15) is 5.10 Å². The van der Waals surface area contributed by atoms with Crippen LogP contribution in [0, 0.1) is 0 Å². The first-order valence-electron chi connectivity index (χ1n) is 7.86. The zero-order valence-electron chi connectivity index (χ0n) is 12.5. The van der Waals surface area contributed by atoms with Crippen molar-refractivity contribution in [2.75, 3.05) is 19.6 Å². The van der Waals surface area contributed by atoms with Crippen molar-refractivity contribution < 1.29 is 0 Å². The second-order valence-electron chi connectivity index (χ2n) is 6.29. The minimum atomic E-state index is 0.784. The molecule has 1 aromatic rings. The van der Waals surface area contributed by atoms with E-state index in [-0.39, 0.29) is 0 Å². The molecule has 1 aromatic heterocycles. The molecule has 3 rings (SSSR count). The van der Waals surface area contributed by atoms with Gasteiger partial charge in [0.1, 0.15) is 0 Å². The predicted molar refractivity (Wildman–Crippen MR) is 81.5 cm³/mol. The molecule has 0 aliphatic carbocycles. The molecule has 0 saturated carbocycles. The third-order valence-electron chi connectivity index (χ3n) is 4.67. The summed E-state index contributed by atoms with van der Waals surface area (Å²) in [5, 5.41) is 4.35. The quantitative estimate of drug-likeness (QED) is 0.769. The number of rotatable bonds is 5. The van der Waals surface area contributed by atoms with Gasteiger partial charge in [0.2, 0.25) is 0 Å². The van der Waals surface area contributed by atoms with E-state index < -0.39 is 0 Å². The summed E-state index contributed by atoms with van der Waals surface area (Å²) in [6.07, 6.45) is 10.2. The van der Waals surface area contributed by atoms with Crippen LogP contribution in [-0.4, -0.2) is 51.3 Å². The van der Waals surface area contributed by atoms with Gasteiger partial charge in [-0.15, -0.1) is 6.58 Å². The average molecular weight is 274 g/mol. The van der Waals surface area contributed by atoms with Gasteiger partial charge < -0.3 is 0 Å². The molecule has 3 heterocycles. The maximum absolute atomic E-state index is 4.35. The Hall–Kier alpha value is -1.13. The number of aromatic nitrogens is 2. The maximum Gasteiger partial charge on any atom is 0.0587 e. The van der Waals surface area contributed by atoms with Crippen LogP contribution >= 0.6 is 0 Å². The highest BCUT2D eigenvalue weighted by Crippen LogP contribution is 2.25. The van der Waals surface area contributed by atoms with Gasteiger partial charge in [0.25, 0.3) is 0 Å². The van der Waals surface area contributed by atoms with Gasteiger partial charge in [-0.1, -0.05) is 12.5 Å². The maximum atomic E-state index is 4.35. The summed E-state index contributed by atoms with van der Waals surface area (Å²) in [5.41, 5.74) is 1.32. The fraction of sp³-hybridized carbons (Fsp3) is 0.688. The van der Waals surface area contributed by atoms with Crippen LogP contribution in [0.5, 0.6) is 0 Å². The van der Waals surface area contributed by atoms with E-state index >= 15 is 0 Å². The molecule has 0 aromatic carbocycles. The Morgan fingerprint density at radius 3 is 3.00 bits per heavy atom. The van der Waals surface area contributed by atoms with Crippen molar-refractivity contribution in [2.45, 2.75) is 51.4 Å². The molecule has 2 aliphatic heterocycles. The summed E-state index contributed by atoms with van der Waals surface area (Å²) >= 11 is 0. The van der Waals surface area contributed by atoms with Gasteiger partial charge in [-0.3, -0.25) is 14.5 Å². The van der Waals surface area contributed by atoms with Crippen molar-refractivity contribution in [3.05, 3.63) is 30.6 Å². The monoisotopic (exact) mass is 274 g/mol. The summed E-state index contributed by atoms with van der Waals surface area (Å²) in [6, 6.07) is 1.57. The Kier molecular flexibility index (Phi) is 4.22.